The number of carbonyl (C=O) groups excluding carboxylic acids is 1. The van der Waals surface area contributed by atoms with Crippen LogP contribution in [0.25, 0.3) is 0 Å². The van der Waals surface area contributed by atoms with Gasteiger partial charge in [0.25, 0.3) is 0 Å². The van der Waals surface area contributed by atoms with Gasteiger partial charge in [0.1, 0.15) is 5.82 Å². The van der Waals surface area contributed by atoms with Gasteiger partial charge in [0.05, 0.1) is 5.56 Å². The maximum atomic E-state index is 11.6. The molecule has 0 fully saturated rings. The van der Waals surface area contributed by atoms with Crippen molar-refractivity contribution in [2.24, 2.45) is 5.92 Å². The molecule has 0 atom stereocenters. The molecule has 1 aromatic heterocycles. The fraction of sp³-hybridized carbons (Fsp3) is 0.364. The molecule has 0 aromatic carbocycles. The quantitative estimate of drug-likeness (QED) is 0.839. The monoisotopic (exact) mass is 222 g/mol. The Morgan fingerprint density at radius 1 is 1.38 bits per heavy atom. The third-order valence-corrected chi connectivity index (χ3v) is 2.16. The molecular formula is C11H14N2O3. The van der Waals surface area contributed by atoms with E-state index >= 15 is 0 Å². The molecule has 5 heteroatoms. The Labute approximate surface area is 93.7 Å². The van der Waals surface area contributed by atoms with E-state index in [1.54, 1.807) is 20.9 Å². The SMILES string of the molecule is CC(C)C(=O)N(C)c1ccc(C(=O)O)cn1. The molecule has 1 N–H and O–H groups in total. The van der Waals surface area contributed by atoms with Crippen LogP contribution in [0.2, 0.25) is 0 Å². The zero-order valence-electron chi connectivity index (χ0n) is 9.47. The van der Waals surface area contributed by atoms with Gasteiger partial charge in [0.2, 0.25) is 5.91 Å². The fourth-order valence-corrected chi connectivity index (χ4v) is 1.21. The first-order valence-electron chi connectivity index (χ1n) is 4.90. The highest BCUT2D eigenvalue weighted by atomic mass is 16.4. The average Bonchev–Trinajstić information content (AvgIpc) is 2.27. The number of rotatable bonds is 3. The molecule has 0 unspecified atom stereocenters. The van der Waals surface area contributed by atoms with Crippen molar-refractivity contribution in [2.75, 3.05) is 11.9 Å². The molecule has 0 spiro atoms. The van der Waals surface area contributed by atoms with Crippen LogP contribution in [0.5, 0.6) is 0 Å². The van der Waals surface area contributed by atoms with E-state index < -0.39 is 5.97 Å². The first-order chi connectivity index (χ1) is 7.43. The average molecular weight is 222 g/mol. The first-order valence-corrected chi connectivity index (χ1v) is 4.90. The number of carbonyl (C=O) groups is 2. The zero-order valence-corrected chi connectivity index (χ0v) is 9.47. The van der Waals surface area contributed by atoms with Gasteiger partial charge in [-0.1, -0.05) is 13.8 Å². The normalized spacial score (nSPS) is 10.2. The van der Waals surface area contributed by atoms with Gasteiger partial charge >= 0.3 is 5.97 Å². The van der Waals surface area contributed by atoms with E-state index in [1.807, 2.05) is 0 Å². The molecule has 0 saturated heterocycles. The molecule has 0 aliphatic rings. The lowest BCUT2D eigenvalue weighted by atomic mass is 10.2. The highest BCUT2D eigenvalue weighted by Gasteiger charge is 2.15. The van der Waals surface area contributed by atoms with E-state index in [-0.39, 0.29) is 17.4 Å². The predicted octanol–water partition coefficient (Wildman–Crippen LogP) is 1.40. The molecule has 1 aromatic rings. The highest BCUT2D eigenvalue weighted by Crippen LogP contribution is 2.12. The Morgan fingerprint density at radius 2 is 2.00 bits per heavy atom. The Kier molecular flexibility index (Phi) is 3.60. The fourth-order valence-electron chi connectivity index (χ4n) is 1.21. The topological polar surface area (TPSA) is 70.5 Å². The number of carboxylic acids is 1. The molecule has 16 heavy (non-hydrogen) atoms. The van der Waals surface area contributed by atoms with Crippen molar-refractivity contribution < 1.29 is 14.7 Å². The molecule has 1 amide bonds. The van der Waals surface area contributed by atoms with E-state index in [0.717, 1.165) is 0 Å². The van der Waals surface area contributed by atoms with Gasteiger partial charge in [-0.05, 0) is 12.1 Å². The summed E-state index contributed by atoms with van der Waals surface area (Å²) in [5.74, 6) is -0.762. The van der Waals surface area contributed by atoms with Gasteiger partial charge in [-0.15, -0.1) is 0 Å². The summed E-state index contributed by atoms with van der Waals surface area (Å²) in [6.45, 7) is 3.59. The molecule has 0 radical (unpaired) electrons. The van der Waals surface area contributed by atoms with E-state index in [2.05, 4.69) is 4.98 Å². The van der Waals surface area contributed by atoms with Crippen LogP contribution in [-0.2, 0) is 4.79 Å². The number of aromatic carboxylic acids is 1. The van der Waals surface area contributed by atoms with Gasteiger partial charge in [-0.25, -0.2) is 9.78 Å². The number of carboxylic acid groups (broad SMARTS) is 1. The summed E-state index contributed by atoms with van der Waals surface area (Å²) in [6, 6.07) is 2.94. The second kappa shape index (κ2) is 4.74. The molecule has 0 saturated carbocycles. The lowest BCUT2D eigenvalue weighted by Crippen LogP contribution is -2.30. The van der Waals surface area contributed by atoms with Crippen molar-refractivity contribution in [1.29, 1.82) is 0 Å². The Balaban J connectivity index is 2.89. The molecule has 86 valence electrons. The van der Waals surface area contributed by atoms with Crippen LogP contribution in [0, 0.1) is 5.92 Å². The van der Waals surface area contributed by atoms with E-state index in [0.29, 0.717) is 5.82 Å². The summed E-state index contributed by atoms with van der Waals surface area (Å²) in [5, 5.41) is 8.69. The van der Waals surface area contributed by atoms with Crippen LogP contribution in [0.3, 0.4) is 0 Å². The van der Waals surface area contributed by atoms with Crippen LogP contribution in [0.15, 0.2) is 18.3 Å². The van der Waals surface area contributed by atoms with Gasteiger partial charge in [-0.3, -0.25) is 9.69 Å². The summed E-state index contributed by atoms with van der Waals surface area (Å²) >= 11 is 0. The van der Waals surface area contributed by atoms with Crippen LogP contribution in [-0.4, -0.2) is 29.0 Å². The molecule has 1 heterocycles. The Hall–Kier alpha value is -1.91. The molecule has 0 aliphatic carbocycles. The zero-order chi connectivity index (χ0) is 12.3. The third-order valence-electron chi connectivity index (χ3n) is 2.16. The second-order valence-corrected chi connectivity index (χ2v) is 3.76. The number of hydrogen-bond donors (Lipinski definition) is 1. The maximum Gasteiger partial charge on any atom is 0.337 e. The third kappa shape index (κ3) is 2.56. The smallest absolute Gasteiger partial charge is 0.337 e. The summed E-state index contributed by atoms with van der Waals surface area (Å²) < 4.78 is 0. The van der Waals surface area contributed by atoms with Crippen LogP contribution < -0.4 is 4.90 Å². The number of hydrogen-bond acceptors (Lipinski definition) is 3. The summed E-state index contributed by atoms with van der Waals surface area (Å²) in [5.41, 5.74) is 0.106. The van der Waals surface area contributed by atoms with Gasteiger partial charge < -0.3 is 5.11 Å². The van der Waals surface area contributed by atoms with Crippen molar-refractivity contribution >= 4 is 17.7 Å². The minimum absolute atomic E-state index is 0.0597. The number of nitrogens with zero attached hydrogens (tertiary/aromatic N) is 2. The molecule has 0 aliphatic heterocycles. The largest absolute Gasteiger partial charge is 0.478 e. The number of anilines is 1. The second-order valence-electron chi connectivity index (χ2n) is 3.76. The van der Waals surface area contributed by atoms with Crippen LogP contribution >= 0.6 is 0 Å². The van der Waals surface area contributed by atoms with E-state index in [1.165, 1.54) is 23.2 Å². The lowest BCUT2D eigenvalue weighted by molar-refractivity contribution is -0.121. The van der Waals surface area contributed by atoms with Crippen molar-refractivity contribution in [3.05, 3.63) is 23.9 Å². The molecular weight excluding hydrogens is 208 g/mol. The molecule has 5 nitrogen and oxygen atoms in total. The summed E-state index contributed by atoms with van der Waals surface area (Å²) in [7, 11) is 1.62. The van der Waals surface area contributed by atoms with Gasteiger partial charge in [0, 0.05) is 19.2 Å². The maximum absolute atomic E-state index is 11.6. The summed E-state index contributed by atoms with van der Waals surface area (Å²) in [6.07, 6.45) is 1.24. The van der Waals surface area contributed by atoms with Crippen molar-refractivity contribution in [3.8, 4) is 0 Å². The van der Waals surface area contributed by atoms with E-state index in [4.69, 9.17) is 5.11 Å². The number of amides is 1. The number of pyridine rings is 1. The Morgan fingerprint density at radius 3 is 2.38 bits per heavy atom. The molecule has 1 rings (SSSR count). The standard InChI is InChI=1S/C11H14N2O3/c1-7(2)10(14)13(3)9-5-4-8(6-12-9)11(15)16/h4-7H,1-3H3,(H,15,16). The van der Waals surface area contributed by atoms with Crippen LogP contribution in [0.1, 0.15) is 24.2 Å². The lowest BCUT2D eigenvalue weighted by Gasteiger charge is -2.18. The highest BCUT2D eigenvalue weighted by molar-refractivity contribution is 5.93. The Bertz CT molecular complexity index is 398. The number of aromatic nitrogens is 1. The summed E-state index contributed by atoms with van der Waals surface area (Å²) in [4.78, 5) is 27.6. The van der Waals surface area contributed by atoms with Gasteiger partial charge in [-0.2, -0.15) is 0 Å². The van der Waals surface area contributed by atoms with Crippen LogP contribution in [0.4, 0.5) is 5.82 Å². The van der Waals surface area contributed by atoms with Crippen molar-refractivity contribution in [3.63, 3.8) is 0 Å². The van der Waals surface area contributed by atoms with Gasteiger partial charge in [0.15, 0.2) is 0 Å². The molecule has 0 bridgehead atoms. The predicted molar refractivity (Wildman–Crippen MR) is 59.4 cm³/mol. The first kappa shape index (κ1) is 12.2. The van der Waals surface area contributed by atoms with Crippen molar-refractivity contribution in [2.45, 2.75) is 13.8 Å². The van der Waals surface area contributed by atoms with E-state index in [9.17, 15) is 9.59 Å². The minimum atomic E-state index is -1.03. The van der Waals surface area contributed by atoms with Crippen molar-refractivity contribution in [1.82, 2.24) is 4.98 Å². The minimum Gasteiger partial charge on any atom is -0.478 e.